The quantitative estimate of drug-likeness (QED) is 0.797. The average Bonchev–Trinajstić information content (AvgIpc) is 2.54. The van der Waals surface area contributed by atoms with Crippen molar-refractivity contribution in [2.24, 2.45) is 0 Å². The second kappa shape index (κ2) is 7.90. The number of para-hydroxylation sites is 2. The van der Waals surface area contributed by atoms with Crippen LogP contribution in [0.4, 0.5) is 5.69 Å². The highest BCUT2D eigenvalue weighted by atomic mass is 32.2. The minimum Gasteiger partial charge on any atom is -0.495 e. The zero-order chi connectivity index (χ0) is 15.9. The van der Waals surface area contributed by atoms with Crippen LogP contribution in [0.2, 0.25) is 0 Å². The van der Waals surface area contributed by atoms with E-state index in [0.717, 1.165) is 11.3 Å². The molecule has 0 aliphatic rings. The molecule has 0 aliphatic heterocycles. The fourth-order valence-corrected chi connectivity index (χ4v) is 3.02. The van der Waals surface area contributed by atoms with Crippen molar-refractivity contribution in [1.29, 1.82) is 0 Å². The molecule has 4 heteroatoms. The predicted molar refractivity (Wildman–Crippen MR) is 92.7 cm³/mol. The molecule has 0 heterocycles. The molecule has 22 heavy (non-hydrogen) atoms. The first-order valence-electron chi connectivity index (χ1n) is 7.31. The van der Waals surface area contributed by atoms with Crippen LogP contribution in [0.25, 0.3) is 0 Å². The van der Waals surface area contributed by atoms with E-state index >= 15 is 0 Å². The Labute approximate surface area is 136 Å². The number of amides is 1. The smallest absolute Gasteiger partial charge is 0.237 e. The van der Waals surface area contributed by atoms with Gasteiger partial charge in [-0.3, -0.25) is 4.79 Å². The Bertz CT molecular complexity index is 625. The van der Waals surface area contributed by atoms with Crippen LogP contribution in [0.1, 0.15) is 18.9 Å². The van der Waals surface area contributed by atoms with Crippen LogP contribution in [0.15, 0.2) is 53.4 Å². The number of thioether (sulfide) groups is 1. The zero-order valence-corrected chi connectivity index (χ0v) is 13.9. The molecule has 1 unspecified atom stereocenters. The molecule has 1 N–H and O–H groups in total. The largest absolute Gasteiger partial charge is 0.495 e. The molecule has 0 fully saturated rings. The number of ether oxygens (including phenoxy) is 1. The van der Waals surface area contributed by atoms with Crippen LogP contribution in [-0.2, 0) is 4.79 Å². The molecule has 0 saturated carbocycles. The van der Waals surface area contributed by atoms with Crippen LogP contribution in [0, 0.1) is 6.92 Å². The fourth-order valence-electron chi connectivity index (χ4n) is 2.06. The predicted octanol–water partition coefficient (Wildman–Crippen LogP) is 4.51. The zero-order valence-electron chi connectivity index (χ0n) is 13.1. The number of benzene rings is 2. The monoisotopic (exact) mass is 315 g/mol. The van der Waals surface area contributed by atoms with E-state index in [9.17, 15) is 4.79 Å². The maximum atomic E-state index is 12.5. The number of carbonyl (C=O) groups excluding carboxylic acids is 1. The van der Waals surface area contributed by atoms with Crippen LogP contribution in [0.5, 0.6) is 5.75 Å². The van der Waals surface area contributed by atoms with Gasteiger partial charge in [0, 0.05) is 4.90 Å². The summed E-state index contributed by atoms with van der Waals surface area (Å²) in [7, 11) is 1.60. The maximum Gasteiger partial charge on any atom is 0.237 e. The van der Waals surface area contributed by atoms with Gasteiger partial charge in [-0.2, -0.15) is 0 Å². The van der Waals surface area contributed by atoms with Gasteiger partial charge in [0.25, 0.3) is 0 Å². The highest BCUT2D eigenvalue weighted by Crippen LogP contribution is 2.28. The third-order valence-electron chi connectivity index (χ3n) is 3.33. The summed E-state index contributed by atoms with van der Waals surface area (Å²) in [6, 6.07) is 15.7. The lowest BCUT2D eigenvalue weighted by molar-refractivity contribution is -0.115. The average molecular weight is 315 g/mol. The van der Waals surface area contributed by atoms with Gasteiger partial charge < -0.3 is 10.1 Å². The maximum absolute atomic E-state index is 12.5. The van der Waals surface area contributed by atoms with E-state index in [1.54, 1.807) is 18.9 Å². The SMILES string of the molecule is CCC(Sc1ccc(C)cc1)C(=O)Nc1ccccc1OC. The van der Waals surface area contributed by atoms with Gasteiger partial charge in [0.05, 0.1) is 18.0 Å². The van der Waals surface area contributed by atoms with Crippen molar-refractivity contribution in [3.8, 4) is 5.75 Å². The summed E-state index contributed by atoms with van der Waals surface area (Å²) >= 11 is 1.59. The van der Waals surface area contributed by atoms with Crippen LogP contribution in [-0.4, -0.2) is 18.3 Å². The molecule has 0 radical (unpaired) electrons. The van der Waals surface area contributed by atoms with Gasteiger partial charge in [-0.25, -0.2) is 0 Å². The molecule has 0 saturated heterocycles. The number of carbonyl (C=O) groups is 1. The number of anilines is 1. The molecule has 2 aromatic carbocycles. The summed E-state index contributed by atoms with van der Waals surface area (Å²) in [5.74, 6) is 0.670. The Morgan fingerprint density at radius 2 is 1.86 bits per heavy atom. The summed E-state index contributed by atoms with van der Waals surface area (Å²) in [5, 5.41) is 2.83. The normalized spacial score (nSPS) is 11.8. The Hall–Kier alpha value is -1.94. The third-order valence-corrected chi connectivity index (χ3v) is 4.70. The lowest BCUT2D eigenvalue weighted by Crippen LogP contribution is -2.24. The van der Waals surface area contributed by atoms with E-state index in [1.165, 1.54) is 5.56 Å². The third kappa shape index (κ3) is 4.28. The highest BCUT2D eigenvalue weighted by Gasteiger charge is 2.19. The molecular formula is C18H21NO2S. The lowest BCUT2D eigenvalue weighted by Gasteiger charge is -2.16. The second-order valence-corrected chi connectivity index (χ2v) is 6.29. The van der Waals surface area contributed by atoms with Crippen molar-refractivity contribution >= 4 is 23.4 Å². The highest BCUT2D eigenvalue weighted by molar-refractivity contribution is 8.00. The van der Waals surface area contributed by atoms with E-state index in [4.69, 9.17) is 4.74 Å². The van der Waals surface area contributed by atoms with Gasteiger partial charge in [-0.05, 0) is 37.6 Å². The van der Waals surface area contributed by atoms with Crippen LogP contribution in [0.3, 0.4) is 0 Å². The minimum absolute atomic E-state index is 0.00225. The molecule has 3 nitrogen and oxygen atoms in total. The van der Waals surface area contributed by atoms with Crippen molar-refractivity contribution in [2.45, 2.75) is 30.4 Å². The van der Waals surface area contributed by atoms with E-state index in [2.05, 4.69) is 36.5 Å². The van der Waals surface area contributed by atoms with Gasteiger partial charge in [-0.1, -0.05) is 36.8 Å². The van der Waals surface area contributed by atoms with E-state index < -0.39 is 0 Å². The van der Waals surface area contributed by atoms with E-state index in [1.807, 2.05) is 31.2 Å². The molecule has 1 atom stereocenters. The number of hydrogen-bond donors (Lipinski definition) is 1. The molecule has 0 aromatic heterocycles. The number of nitrogens with one attached hydrogen (secondary N) is 1. The molecular weight excluding hydrogens is 294 g/mol. The molecule has 2 rings (SSSR count). The van der Waals surface area contributed by atoms with Crippen LogP contribution < -0.4 is 10.1 Å². The standard InChI is InChI=1S/C18H21NO2S/c1-4-17(22-14-11-9-13(2)10-12-14)18(20)19-15-7-5-6-8-16(15)21-3/h5-12,17H,4H2,1-3H3,(H,19,20). The van der Waals surface area contributed by atoms with Crippen molar-refractivity contribution < 1.29 is 9.53 Å². The Balaban J connectivity index is 2.07. The molecule has 1 amide bonds. The Kier molecular flexibility index (Phi) is 5.90. The van der Waals surface area contributed by atoms with Crippen molar-refractivity contribution in [3.05, 3.63) is 54.1 Å². The van der Waals surface area contributed by atoms with E-state index in [0.29, 0.717) is 11.4 Å². The first kappa shape index (κ1) is 16.4. The van der Waals surface area contributed by atoms with Gasteiger partial charge in [0.1, 0.15) is 5.75 Å². The molecule has 0 bridgehead atoms. The molecule has 0 aliphatic carbocycles. The number of aryl methyl sites for hydroxylation is 1. The lowest BCUT2D eigenvalue weighted by atomic mass is 10.2. The Morgan fingerprint density at radius 1 is 1.18 bits per heavy atom. The summed E-state index contributed by atoms with van der Waals surface area (Å²) < 4.78 is 5.27. The summed E-state index contributed by atoms with van der Waals surface area (Å²) in [4.78, 5) is 13.6. The van der Waals surface area contributed by atoms with Crippen molar-refractivity contribution in [1.82, 2.24) is 0 Å². The number of rotatable bonds is 6. The first-order valence-corrected chi connectivity index (χ1v) is 8.19. The molecule has 0 spiro atoms. The van der Waals surface area contributed by atoms with Crippen LogP contribution >= 0.6 is 11.8 Å². The van der Waals surface area contributed by atoms with Crippen molar-refractivity contribution in [3.63, 3.8) is 0 Å². The van der Waals surface area contributed by atoms with Gasteiger partial charge in [0.2, 0.25) is 5.91 Å². The van der Waals surface area contributed by atoms with Gasteiger partial charge in [0.15, 0.2) is 0 Å². The van der Waals surface area contributed by atoms with Crippen molar-refractivity contribution in [2.75, 3.05) is 12.4 Å². The second-order valence-electron chi connectivity index (χ2n) is 5.02. The Morgan fingerprint density at radius 3 is 2.50 bits per heavy atom. The van der Waals surface area contributed by atoms with E-state index in [-0.39, 0.29) is 11.2 Å². The van der Waals surface area contributed by atoms with Gasteiger partial charge >= 0.3 is 0 Å². The summed E-state index contributed by atoms with van der Waals surface area (Å²) in [6.07, 6.45) is 0.763. The summed E-state index contributed by atoms with van der Waals surface area (Å²) in [6.45, 7) is 4.08. The molecule has 116 valence electrons. The van der Waals surface area contributed by atoms with Gasteiger partial charge in [-0.15, -0.1) is 11.8 Å². The fraction of sp³-hybridized carbons (Fsp3) is 0.278. The summed E-state index contributed by atoms with van der Waals surface area (Å²) in [5.41, 5.74) is 1.92. The number of methoxy groups -OCH3 is 1. The topological polar surface area (TPSA) is 38.3 Å². The first-order chi connectivity index (χ1) is 10.6. The number of hydrogen-bond acceptors (Lipinski definition) is 3. The minimum atomic E-state index is -0.132. The molecule has 2 aromatic rings.